The molecule has 0 aromatic heterocycles. The number of sulfonamides is 1. The van der Waals surface area contributed by atoms with Gasteiger partial charge in [0.2, 0.25) is 10.0 Å². The van der Waals surface area contributed by atoms with E-state index in [2.05, 4.69) is 5.32 Å². The van der Waals surface area contributed by atoms with Gasteiger partial charge >= 0.3 is 0 Å². The van der Waals surface area contributed by atoms with Crippen LogP contribution in [0.25, 0.3) is 0 Å². The quantitative estimate of drug-likeness (QED) is 0.896. The molecule has 1 atom stereocenters. The second kappa shape index (κ2) is 6.02. The Bertz CT molecular complexity index is 505. The molecule has 1 heterocycles. The van der Waals surface area contributed by atoms with Crippen molar-refractivity contribution in [2.24, 2.45) is 0 Å². The summed E-state index contributed by atoms with van der Waals surface area (Å²) in [6, 6.07) is 7.29. The van der Waals surface area contributed by atoms with Crippen molar-refractivity contribution in [1.82, 2.24) is 9.62 Å². The number of hydrogen-bond donors (Lipinski definition) is 1. The second-order valence-corrected chi connectivity index (χ2v) is 6.47. The van der Waals surface area contributed by atoms with Gasteiger partial charge < -0.3 is 5.32 Å². The fraction of sp³-hybridized carbons (Fsp3) is 0.500. The van der Waals surface area contributed by atoms with Gasteiger partial charge in [-0.25, -0.2) is 8.42 Å². The third-order valence-corrected chi connectivity index (χ3v) is 4.82. The molecule has 0 aliphatic carbocycles. The summed E-state index contributed by atoms with van der Waals surface area (Å²) in [6.45, 7) is 5.69. The highest BCUT2D eigenvalue weighted by atomic mass is 35.5. The zero-order valence-corrected chi connectivity index (χ0v) is 12.2. The highest BCUT2D eigenvalue weighted by molar-refractivity contribution is 7.89. The molecule has 0 amide bonds. The van der Waals surface area contributed by atoms with E-state index >= 15 is 0 Å². The van der Waals surface area contributed by atoms with Crippen LogP contribution >= 0.6 is 12.4 Å². The molecular formula is C12H19ClN2O2S. The number of rotatable bonds is 2. The molecule has 1 fully saturated rings. The molecule has 6 heteroatoms. The van der Waals surface area contributed by atoms with Crippen molar-refractivity contribution in [2.75, 3.05) is 19.6 Å². The topological polar surface area (TPSA) is 49.4 Å². The third-order valence-electron chi connectivity index (χ3n) is 2.96. The lowest BCUT2D eigenvalue weighted by atomic mass is 10.2. The summed E-state index contributed by atoms with van der Waals surface area (Å²) in [4.78, 5) is 0.395. The van der Waals surface area contributed by atoms with Crippen LogP contribution in [0.2, 0.25) is 0 Å². The molecule has 1 aromatic rings. The Hall–Kier alpha value is -0.620. The van der Waals surface area contributed by atoms with E-state index in [0.29, 0.717) is 24.5 Å². The van der Waals surface area contributed by atoms with Gasteiger partial charge in [-0.05, 0) is 31.5 Å². The summed E-state index contributed by atoms with van der Waals surface area (Å²) < 4.78 is 26.3. The van der Waals surface area contributed by atoms with Crippen molar-refractivity contribution >= 4 is 22.4 Å². The van der Waals surface area contributed by atoms with E-state index in [-0.39, 0.29) is 18.4 Å². The lowest BCUT2D eigenvalue weighted by Crippen LogP contribution is -2.51. The SMILES string of the molecule is Cc1cccc(S(=O)(=O)N2CCN[C@@H](C)C2)c1.Cl. The summed E-state index contributed by atoms with van der Waals surface area (Å²) in [5.41, 5.74) is 0.967. The number of nitrogens with zero attached hydrogens (tertiary/aromatic N) is 1. The second-order valence-electron chi connectivity index (χ2n) is 4.53. The van der Waals surface area contributed by atoms with Crippen molar-refractivity contribution < 1.29 is 8.42 Å². The van der Waals surface area contributed by atoms with Gasteiger partial charge in [-0.3, -0.25) is 0 Å². The average Bonchev–Trinajstić information content (AvgIpc) is 2.29. The predicted molar refractivity (Wildman–Crippen MR) is 74.7 cm³/mol. The van der Waals surface area contributed by atoms with Gasteiger partial charge in [-0.15, -0.1) is 12.4 Å². The van der Waals surface area contributed by atoms with Gasteiger partial charge in [-0.2, -0.15) is 4.31 Å². The van der Waals surface area contributed by atoms with E-state index < -0.39 is 10.0 Å². The lowest BCUT2D eigenvalue weighted by molar-refractivity contribution is 0.310. The maximum Gasteiger partial charge on any atom is 0.243 e. The molecule has 0 spiro atoms. The molecule has 0 radical (unpaired) electrons. The van der Waals surface area contributed by atoms with Gasteiger partial charge in [0.25, 0.3) is 0 Å². The fourth-order valence-electron chi connectivity index (χ4n) is 2.04. The third kappa shape index (κ3) is 3.23. The number of benzene rings is 1. The number of halogens is 1. The molecule has 0 unspecified atom stereocenters. The van der Waals surface area contributed by atoms with Crippen molar-refractivity contribution in [3.63, 3.8) is 0 Å². The van der Waals surface area contributed by atoms with Crippen molar-refractivity contribution in [2.45, 2.75) is 24.8 Å². The van der Waals surface area contributed by atoms with Crippen LogP contribution in [-0.2, 0) is 10.0 Å². The smallest absolute Gasteiger partial charge is 0.243 e. The monoisotopic (exact) mass is 290 g/mol. The Balaban J connectivity index is 0.00000162. The molecule has 4 nitrogen and oxygen atoms in total. The van der Waals surface area contributed by atoms with Crippen molar-refractivity contribution in [1.29, 1.82) is 0 Å². The molecule has 1 aliphatic rings. The van der Waals surface area contributed by atoms with Gasteiger partial charge in [-0.1, -0.05) is 12.1 Å². The van der Waals surface area contributed by atoms with Crippen LogP contribution in [0.5, 0.6) is 0 Å². The van der Waals surface area contributed by atoms with Crippen LogP contribution in [0.15, 0.2) is 29.2 Å². The van der Waals surface area contributed by atoms with Crippen LogP contribution in [0.3, 0.4) is 0 Å². The van der Waals surface area contributed by atoms with Crippen LogP contribution in [0, 0.1) is 6.92 Å². The first-order valence-electron chi connectivity index (χ1n) is 5.80. The van der Waals surface area contributed by atoms with Crippen molar-refractivity contribution in [3.05, 3.63) is 29.8 Å². The minimum atomic E-state index is -3.32. The average molecular weight is 291 g/mol. The molecule has 0 saturated carbocycles. The van der Waals surface area contributed by atoms with E-state index in [1.54, 1.807) is 22.5 Å². The normalized spacial score (nSPS) is 21.3. The highest BCUT2D eigenvalue weighted by Gasteiger charge is 2.28. The summed E-state index contributed by atoms with van der Waals surface area (Å²) >= 11 is 0. The van der Waals surface area contributed by atoms with Crippen LogP contribution < -0.4 is 5.32 Å². The lowest BCUT2D eigenvalue weighted by Gasteiger charge is -2.31. The van der Waals surface area contributed by atoms with E-state index in [1.165, 1.54) is 0 Å². The molecule has 0 bridgehead atoms. The molecule has 1 saturated heterocycles. The summed E-state index contributed by atoms with van der Waals surface area (Å²) in [6.07, 6.45) is 0. The zero-order valence-electron chi connectivity index (χ0n) is 10.6. The van der Waals surface area contributed by atoms with Crippen molar-refractivity contribution in [3.8, 4) is 0 Å². The maximum atomic E-state index is 12.4. The molecule has 18 heavy (non-hydrogen) atoms. The number of piperazine rings is 1. The first-order valence-corrected chi connectivity index (χ1v) is 7.24. The Morgan fingerprint density at radius 1 is 1.39 bits per heavy atom. The van der Waals surface area contributed by atoms with E-state index in [4.69, 9.17) is 0 Å². The van der Waals surface area contributed by atoms with E-state index in [9.17, 15) is 8.42 Å². The Morgan fingerprint density at radius 2 is 2.11 bits per heavy atom. The van der Waals surface area contributed by atoms with Gasteiger partial charge in [0.05, 0.1) is 4.90 Å². The minimum absolute atomic E-state index is 0. The summed E-state index contributed by atoms with van der Waals surface area (Å²) in [7, 11) is -3.32. The van der Waals surface area contributed by atoms with Gasteiger partial charge in [0.1, 0.15) is 0 Å². The summed E-state index contributed by atoms with van der Waals surface area (Å²) in [5.74, 6) is 0. The standard InChI is InChI=1S/C12H18N2O2S.ClH/c1-10-4-3-5-12(8-10)17(15,16)14-7-6-13-11(2)9-14;/h3-5,8,11,13H,6-7,9H2,1-2H3;1H/t11-;/m0./s1. The zero-order chi connectivity index (χ0) is 12.5. The molecule has 1 aliphatic heterocycles. The molecule has 1 aromatic carbocycles. The predicted octanol–water partition coefficient (Wildman–Crippen LogP) is 1.40. The minimum Gasteiger partial charge on any atom is -0.312 e. The first-order chi connectivity index (χ1) is 8.00. The molecular weight excluding hydrogens is 272 g/mol. The number of nitrogens with one attached hydrogen (secondary N) is 1. The molecule has 2 rings (SSSR count). The van der Waals surface area contributed by atoms with Crippen LogP contribution in [-0.4, -0.2) is 38.4 Å². The highest BCUT2D eigenvalue weighted by Crippen LogP contribution is 2.18. The Kier molecular flexibility index (Phi) is 5.16. The van der Waals surface area contributed by atoms with Crippen LogP contribution in [0.4, 0.5) is 0 Å². The Labute approximate surface area is 115 Å². The molecule has 1 N–H and O–H groups in total. The van der Waals surface area contributed by atoms with Crippen LogP contribution in [0.1, 0.15) is 12.5 Å². The Morgan fingerprint density at radius 3 is 2.72 bits per heavy atom. The number of aryl methyl sites for hydroxylation is 1. The van der Waals surface area contributed by atoms with E-state index in [1.807, 2.05) is 19.9 Å². The van der Waals surface area contributed by atoms with Gasteiger partial charge in [0.15, 0.2) is 0 Å². The van der Waals surface area contributed by atoms with Gasteiger partial charge in [0, 0.05) is 25.7 Å². The fourth-order valence-corrected chi connectivity index (χ4v) is 3.68. The number of hydrogen-bond acceptors (Lipinski definition) is 3. The maximum absolute atomic E-state index is 12.4. The largest absolute Gasteiger partial charge is 0.312 e. The summed E-state index contributed by atoms with van der Waals surface area (Å²) in [5, 5.41) is 3.24. The first kappa shape index (κ1) is 15.4. The van der Waals surface area contributed by atoms with E-state index in [0.717, 1.165) is 5.56 Å². The molecule has 102 valence electrons.